The minimum Gasteiger partial charge on any atom is -0.336 e. The van der Waals surface area contributed by atoms with Crippen molar-refractivity contribution in [2.45, 2.75) is 44.2 Å². The van der Waals surface area contributed by atoms with Crippen LogP contribution >= 0.6 is 0 Å². The largest absolute Gasteiger partial charge is 0.417 e. The van der Waals surface area contributed by atoms with E-state index in [1.807, 2.05) is 0 Å². The summed E-state index contributed by atoms with van der Waals surface area (Å²) in [7, 11) is 0. The lowest BCUT2D eigenvalue weighted by Gasteiger charge is -2.46. The van der Waals surface area contributed by atoms with Crippen LogP contribution in [0.2, 0.25) is 0 Å². The Morgan fingerprint density at radius 3 is 2.50 bits per heavy atom. The lowest BCUT2D eigenvalue weighted by molar-refractivity contribution is -0.138. The number of hydrogen-bond donors (Lipinski definition) is 2. The van der Waals surface area contributed by atoms with Crippen molar-refractivity contribution in [3.63, 3.8) is 0 Å². The molecule has 7 nitrogen and oxygen atoms in total. The van der Waals surface area contributed by atoms with Crippen molar-refractivity contribution in [3.8, 4) is 11.1 Å². The zero-order chi connectivity index (χ0) is 25.4. The van der Waals surface area contributed by atoms with Gasteiger partial charge in [-0.25, -0.2) is 4.39 Å². The molecule has 0 radical (unpaired) electrons. The van der Waals surface area contributed by atoms with Crippen LogP contribution in [0.1, 0.15) is 41.6 Å². The molecule has 36 heavy (non-hydrogen) atoms. The van der Waals surface area contributed by atoms with Crippen LogP contribution in [0.4, 0.5) is 17.6 Å². The van der Waals surface area contributed by atoms with Crippen molar-refractivity contribution in [1.82, 2.24) is 25.4 Å². The summed E-state index contributed by atoms with van der Waals surface area (Å²) in [6.45, 7) is 1.89. The molecule has 3 unspecified atom stereocenters. The number of alkyl halides is 3. The summed E-state index contributed by atoms with van der Waals surface area (Å²) in [5.41, 5.74) is -0.925. The third kappa shape index (κ3) is 4.94. The number of piperazine rings is 1. The number of halogens is 4. The number of amides is 2. The van der Waals surface area contributed by atoms with Gasteiger partial charge in [0.25, 0.3) is 5.91 Å². The normalized spacial score (nSPS) is 25.3. The summed E-state index contributed by atoms with van der Waals surface area (Å²) in [5, 5.41) is 6.59. The predicted octanol–water partition coefficient (Wildman–Crippen LogP) is 3.23. The van der Waals surface area contributed by atoms with Gasteiger partial charge in [0.05, 0.1) is 11.5 Å². The van der Waals surface area contributed by atoms with Gasteiger partial charge in [0.15, 0.2) is 0 Å². The number of nitrogens with zero attached hydrogens (tertiary/aromatic N) is 3. The summed E-state index contributed by atoms with van der Waals surface area (Å²) >= 11 is 0. The molecule has 3 atom stereocenters. The summed E-state index contributed by atoms with van der Waals surface area (Å²) in [5.74, 6) is -1.05. The lowest BCUT2D eigenvalue weighted by Crippen LogP contribution is -2.69. The standard InChI is InChI=1S/C25H27F4N5O2/c26-20-12-15(5-6-18(20)16-11-17(14-30-13-16)25(27,28)29)23(36)33-7-9-34(10-8-33)24-31-21-4-2-1-3-19(21)22(35)32-24/h5-6,11-14,19,21,24,31H,1-4,7-10H2,(H,32,35). The smallest absolute Gasteiger partial charge is 0.336 e. The molecular formula is C25H27F4N5O2. The van der Waals surface area contributed by atoms with Gasteiger partial charge in [0.2, 0.25) is 5.91 Å². The number of hydrogen-bond acceptors (Lipinski definition) is 5. The molecule has 0 spiro atoms. The van der Waals surface area contributed by atoms with Crippen LogP contribution in [0.25, 0.3) is 11.1 Å². The minimum absolute atomic E-state index is 0.0162. The Balaban J connectivity index is 1.22. The molecule has 1 aliphatic carbocycles. The zero-order valence-electron chi connectivity index (χ0n) is 19.5. The third-order valence-corrected chi connectivity index (χ3v) is 7.31. The Labute approximate surface area is 205 Å². The fourth-order valence-corrected chi connectivity index (χ4v) is 5.32. The SMILES string of the molecule is O=C1NC(N2CCN(C(=O)c3ccc(-c4cncc(C(F)(F)F)c4)c(F)c3)CC2)NC2CCCCC12. The Kier molecular flexibility index (Phi) is 6.69. The zero-order valence-corrected chi connectivity index (χ0v) is 19.5. The third-order valence-electron chi connectivity index (χ3n) is 7.31. The maximum absolute atomic E-state index is 14.8. The van der Waals surface area contributed by atoms with Crippen LogP contribution in [-0.4, -0.2) is 65.1 Å². The summed E-state index contributed by atoms with van der Waals surface area (Å²) in [4.78, 5) is 32.8. The van der Waals surface area contributed by atoms with Gasteiger partial charge in [-0.3, -0.25) is 24.8 Å². The first-order valence-electron chi connectivity index (χ1n) is 12.1. The van der Waals surface area contributed by atoms with E-state index in [1.54, 1.807) is 4.90 Å². The van der Waals surface area contributed by atoms with Gasteiger partial charge in [-0.1, -0.05) is 18.9 Å². The molecule has 3 fully saturated rings. The van der Waals surface area contributed by atoms with Gasteiger partial charge >= 0.3 is 6.18 Å². The Hall–Kier alpha value is -3.05. The van der Waals surface area contributed by atoms with E-state index in [0.29, 0.717) is 32.4 Å². The quantitative estimate of drug-likeness (QED) is 0.627. The number of pyridine rings is 1. The Morgan fingerprint density at radius 1 is 1.03 bits per heavy atom. The number of rotatable bonds is 3. The molecule has 192 valence electrons. The molecule has 3 heterocycles. The first kappa shape index (κ1) is 24.6. The number of fused-ring (bicyclic) bond motifs is 1. The molecule has 2 aromatic rings. The van der Waals surface area contributed by atoms with Gasteiger partial charge in [-0.05, 0) is 31.0 Å². The maximum atomic E-state index is 14.8. The van der Waals surface area contributed by atoms with Crippen molar-refractivity contribution in [3.05, 3.63) is 53.6 Å². The van der Waals surface area contributed by atoms with Gasteiger partial charge < -0.3 is 10.2 Å². The van der Waals surface area contributed by atoms with Gasteiger partial charge in [-0.2, -0.15) is 13.2 Å². The molecule has 0 bridgehead atoms. The van der Waals surface area contributed by atoms with Crippen LogP contribution in [-0.2, 0) is 11.0 Å². The number of carbonyl (C=O) groups excluding carboxylic acids is 2. The van der Waals surface area contributed by atoms with Crippen molar-refractivity contribution in [1.29, 1.82) is 0 Å². The fourth-order valence-electron chi connectivity index (χ4n) is 5.32. The maximum Gasteiger partial charge on any atom is 0.417 e. The van der Waals surface area contributed by atoms with E-state index < -0.39 is 17.6 Å². The number of carbonyl (C=O) groups is 2. The lowest BCUT2D eigenvalue weighted by atomic mass is 9.82. The molecule has 1 saturated carbocycles. The van der Waals surface area contributed by atoms with Crippen LogP contribution in [0.5, 0.6) is 0 Å². The first-order chi connectivity index (χ1) is 17.2. The molecule has 2 saturated heterocycles. The van der Waals surface area contributed by atoms with Gasteiger partial charge in [0.1, 0.15) is 12.1 Å². The molecule has 5 rings (SSSR count). The number of nitrogens with one attached hydrogen (secondary N) is 2. The molecule has 2 amide bonds. The average Bonchev–Trinajstić information content (AvgIpc) is 2.88. The topological polar surface area (TPSA) is 77.6 Å². The Bertz CT molecular complexity index is 1150. The molecular weight excluding hydrogens is 478 g/mol. The molecule has 3 aliphatic rings. The number of aromatic nitrogens is 1. The average molecular weight is 506 g/mol. The minimum atomic E-state index is -4.59. The summed E-state index contributed by atoms with van der Waals surface area (Å²) in [6, 6.07) is 4.78. The van der Waals surface area contributed by atoms with Crippen LogP contribution < -0.4 is 10.6 Å². The summed E-state index contributed by atoms with van der Waals surface area (Å²) < 4.78 is 53.8. The van der Waals surface area contributed by atoms with E-state index in [9.17, 15) is 27.2 Å². The second-order valence-electron chi connectivity index (χ2n) is 9.56. The highest BCUT2D eigenvalue weighted by atomic mass is 19.4. The van der Waals surface area contributed by atoms with E-state index in [0.717, 1.165) is 44.0 Å². The van der Waals surface area contributed by atoms with Crippen molar-refractivity contribution in [2.75, 3.05) is 26.2 Å². The van der Waals surface area contributed by atoms with Crippen molar-refractivity contribution < 1.29 is 27.2 Å². The molecule has 11 heteroatoms. The Morgan fingerprint density at radius 2 is 1.78 bits per heavy atom. The van der Waals surface area contributed by atoms with E-state index in [4.69, 9.17) is 0 Å². The summed E-state index contributed by atoms with van der Waals surface area (Å²) in [6.07, 6.45) is 1.03. The first-order valence-corrected chi connectivity index (χ1v) is 12.1. The van der Waals surface area contributed by atoms with Crippen LogP contribution in [0, 0.1) is 11.7 Å². The molecule has 1 aromatic carbocycles. The van der Waals surface area contributed by atoms with Crippen LogP contribution in [0.15, 0.2) is 36.7 Å². The van der Waals surface area contributed by atoms with E-state index in [-0.39, 0.29) is 46.8 Å². The fraction of sp³-hybridized carbons (Fsp3) is 0.480. The van der Waals surface area contributed by atoms with Crippen molar-refractivity contribution in [2.24, 2.45) is 5.92 Å². The number of benzene rings is 1. The second-order valence-corrected chi connectivity index (χ2v) is 9.56. The molecule has 1 aromatic heterocycles. The van der Waals surface area contributed by atoms with Gasteiger partial charge in [0, 0.05) is 61.3 Å². The predicted molar refractivity (Wildman–Crippen MR) is 123 cm³/mol. The van der Waals surface area contributed by atoms with Crippen LogP contribution in [0.3, 0.4) is 0 Å². The van der Waals surface area contributed by atoms with E-state index in [1.165, 1.54) is 12.1 Å². The monoisotopic (exact) mass is 505 g/mol. The second kappa shape index (κ2) is 9.78. The highest BCUT2D eigenvalue weighted by Gasteiger charge is 2.40. The van der Waals surface area contributed by atoms with Crippen molar-refractivity contribution >= 4 is 11.8 Å². The van der Waals surface area contributed by atoms with Gasteiger partial charge in [-0.15, -0.1) is 0 Å². The molecule has 2 N–H and O–H groups in total. The van der Waals surface area contributed by atoms with E-state index in [2.05, 4.69) is 20.5 Å². The highest BCUT2D eigenvalue weighted by Crippen LogP contribution is 2.32. The highest BCUT2D eigenvalue weighted by molar-refractivity contribution is 5.95. The molecule has 2 aliphatic heterocycles. The van der Waals surface area contributed by atoms with E-state index >= 15 is 0 Å².